The SMILES string of the molecule is CC(C)CN(c1csc(C=O)c1)C1CCCC1. The van der Waals surface area contributed by atoms with Gasteiger partial charge in [0.2, 0.25) is 0 Å². The molecule has 1 aromatic heterocycles. The molecule has 1 saturated carbocycles. The van der Waals surface area contributed by atoms with Crippen LogP contribution in [0.3, 0.4) is 0 Å². The third kappa shape index (κ3) is 3.09. The maximum atomic E-state index is 10.8. The fourth-order valence-corrected chi connectivity index (χ4v) is 3.33. The molecule has 0 radical (unpaired) electrons. The maximum absolute atomic E-state index is 10.8. The van der Waals surface area contributed by atoms with Gasteiger partial charge < -0.3 is 4.90 Å². The van der Waals surface area contributed by atoms with E-state index in [9.17, 15) is 4.79 Å². The first kappa shape index (κ1) is 12.6. The van der Waals surface area contributed by atoms with Crippen molar-refractivity contribution >= 4 is 23.3 Å². The van der Waals surface area contributed by atoms with Crippen molar-refractivity contribution in [1.82, 2.24) is 0 Å². The standard InChI is InChI=1S/C14H21NOS/c1-11(2)8-15(12-5-3-4-6-12)13-7-14(9-16)17-10-13/h7,9-12H,3-6,8H2,1-2H3. The van der Waals surface area contributed by atoms with Crippen LogP contribution in [0, 0.1) is 5.92 Å². The third-order valence-corrected chi connectivity index (χ3v) is 4.23. The molecule has 0 N–H and O–H groups in total. The Bertz CT molecular complexity index is 366. The molecule has 2 rings (SSSR count). The topological polar surface area (TPSA) is 20.3 Å². The Balaban J connectivity index is 2.15. The Hall–Kier alpha value is -0.830. The van der Waals surface area contributed by atoms with E-state index < -0.39 is 0 Å². The molecule has 2 nitrogen and oxygen atoms in total. The molecule has 0 saturated heterocycles. The summed E-state index contributed by atoms with van der Waals surface area (Å²) in [7, 11) is 0. The first-order valence-electron chi connectivity index (χ1n) is 6.51. The quantitative estimate of drug-likeness (QED) is 0.738. The molecule has 1 aromatic rings. The van der Waals surface area contributed by atoms with Gasteiger partial charge in [-0.1, -0.05) is 26.7 Å². The fourth-order valence-electron chi connectivity index (χ4n) is 2.63. The molecular formula is C14H21NOS. The summed E-state index contributed by atoms with van der Waals surface area (Å²) >= 11 is 1.55. The Morgan fingerprint density at radius 1 is 1.47 bits per heavy atom. The highest BCUT2D eigenvalue weighted by atomic mass is 32.1. The van der Waals surface area contributed by atoms with E-state index in [-0.39, 0.29) is 0 Å². The number of anilines is 1. The highest BCUT2D eigenvalue weighted by molar-refractivity contribution is 7.12. The maximum Gasteiger partial charge on any atom is 0.160 e. The molecule has 0 aromatic carbocycles. The second-order valence-electron chi connectivity index (χ2n) is 5.31. The lowest BCUT2D eigenvalue weighted by molar-refractivity contribution is 0.112. The number of aldehydes is 1. The molecule has 0 bridgehead atoms. The van der Waals surface area contributed by atoms with Gasteiger partial charge in [0.15, 0.2) is 6.29 Å². The second-order valence-corrected chi connectivity index (χ2v) is 6.25. The highest BCUT2D eigenvalue weighted by Gasteiger charge is 2.24. The van der Waals surface area contributed by atoms with Gasteiger partial charge in [-0.3, -0.25) is 4.79 Å². The zero-order chi connectivity index (χ0) is 12.3. The van der Waals surface area contributed by atoms with Crippen LogP contribution in [0.25, 0.3) is 0 Å². The number of thiophene rings is 1. The molecule has 1 aliphatic rings. The minimum Gasteiger partial charge on any atom is -0.368 e. The van der Waals surface area contributed by atoms with Crippen LogP contribution >= 0.6 is 11.3 Å². The van der Waals surface area contributed by atoms with E-state index in [1.165, 1.54) is 31.4 Å². The zero-order valence-electron chi connectivity index (χ0n) is 10.7. The Morgan fingerprint density at radius 2 is 2.18 bits per heavy atom. The molecule has 0 atom stereocenters. The highest BCUT2D eigenvalue weighted by Crippen LogP contribution is 2.31. The number of nitrogens with zero attached hydrogens (tertiary/aromatic N) is 1. The van der Waals surface area contributed by atoms with E-state index >= 15 is 0 Å². The molecule has 0 unspecified atom stereocenters. The second kappa shape index (κ2) is 5.67. The van der Waals surface area contributed by atoms with Gasteiger partial charge in [0, 0.05) is 23.7 Å². The summed E-state index contributed by atoms with van der Waals surface area (Å²) in [5.74, 6) is 0.662. The minimum absolute atomic E-state index is 0.662. The first-order chi connectivity index (χ1) is 8.20. The summed E-state index contributed by atoms with van der Waals surface area (Å²) in [6.07, 6.45) is 6.27. The molecule has 3 heteroatoms. The van der Waals surface area contributed by atoms with Crippen molar-refractivity contribution in [3.05, 3.63) is 16.3 Å². The number of carbonyl (C=O) groups excluding carboxylic acids is 1. The lowest BCUT2D eigenvalue weighted by Gasteiger charge is -2.31. The van der Waals surface area contributed by atoms with E-state index in [0.29, 0.717) is 12.0 Å². The van der Waals surface area contributed by atoms with Crippen LogP contribution in [0.15, 0.2) is 11.4 Å². The normalized spacial score (nSPS) is 16.6. The van der Waals surface area contributed by atoms with E-state index in [1.807, 2.05) is 6.07 Å². The van der Waals surface area contributed by atoms with Crippen LogP contribution in [-0.2, 0) is 0 Å². The molecule has 0 amide bonds. The van der Waals surface area contributed by atoms with Crippen LogP contribution in [0.2, 0.25) is 0 Å². The monoisotopic (exact) mass is 251 g/mol. The molecule has 0 aliphatic heterocycles. The lowest BCUT2D eigenvalue weighted by Crippen LogP contribution is -2.35. The Kier molecular flexibility index (Phi) is 4.21. The van der Waals surface area contributed by atoms with Crippen LogP contribution in [0.5, 0.6) is 0 Å². The summed E-state index contributed by atoms with van der Waals surface area (Å²) in [6.45, 7) is 5.61. The number of rotatable bonds is 5. The largest absolute Gasteiger partial charge is 0.368 e. The van der Waals surface area contributed by atoms with Crippen LogP contribution in [0.4, 0.5) is 5.69 Å². The summed E-state index contributed by atoms with van der Waals surface area (Å²) in [4.78, 5) is 14.1. The Labute approximate surface area is 108 Å². The number of hydrogen-bond donors (Lipinski definition) is 0. The number of hydrogen-bond acceptors (Lipinski definition) is 3. The smallest absolute Gasteiger partial charge is 0.160 e. The summed E-state index contributed by atoms with van der Waals surface area (Å²) in [5, 5.41) is 2.13. The van der Waals surface area contributed by atoms with Crippen molar-refractivity contribution in [2.24, 2.45) is 5.92 Å². The van der Waals surface area contributed by atoms with Crippen molar-refractivity contribution in [1.29, 1.82) is 0 Å². The Morgan fingerprint density at radius 3 is 2.71 bits per heavy atom. The predicted octanol–water partition coefficient (Wildman–Crippen LogP) is 3.97. The average Bonchev–Trinajstić information content (AvgIpc) is 2.97. The van der Waals surface area contributed by atoms with Crippen LogP contribution in [-0.4, -0.2) is 18.9 Å². The minimum atomic E-state index is 0.662. The molecule has 1 fully saturated rings. The predicted molar refractivity (Wildman–Crippen MR) is 74.1 cm³/mol. The molecule has 17 heavy (non-hydrogen) atoms. The molecule has 0 spiro atoms. The van der Waals surface area contributed by atoms with Crippen molar-refractivity contribution in [3.8, 4) is 0 Å². The third-order valence-electron chi connectivity index (χ3n) is 3.38. The molecule has 94 valence electrons. The van der Waals surface area contributed by atoms with Gasteiger partial charge in [-0.15, -0.1) is 11.3 Å². The molecule has 1 heterocycles. The van der Waals surface area contributed by atoms with E-state index in [0.717, 1.165) is 17.7 Å². The average molecular weight is 251 g/mol. The van der Waals surface area contributed by atoms with Gasteiger partial charge in [0.25, 0.3) is 0 Å². The van der Waals surface area contributed by atoms with Gasteiger partial charge in [0.05, 0.1) is 4.88 Å². The summed E-state index contributed by atoms with van der Waals surface area (Å²) in [5.41, 5.74) is 1.25. The van der Waals surface area contributed by atoms with E-state index in [4.69, 9.17) is 0 Å². The van der Waals surface area contributed by atoms with Crippen molar-refractivity contribution < 1.29 is 4.79 Å². The zero-order valence-corrected chi connectivity index (χ0v) is 11.5. The first-order valence-corrected chi connectivity index (χ1v) is 7.39. The van der Waals surface area contributed by atoms with Gasteiger partial charge in [-0.05, 0) is 24.8 Å². The van der Waals surface area contributed by atoms with Gasteiger partial charge in [-0.25, -0.2) is 0 Å². The van der Waals surface area contributed by atoms with Crippen LogP contribution in [0.1, 0.15) is 49.2 Å². The number of carbonyl (C=O) groups is 1. The molecule has 1 aliphatic carbocycles. The van der Waals surface area contributed by atoms with Crippen molar-refractivity contribution in [2.75, 3.05) is 11.4 Å². The van der Waals surface area contributed by atoms with Gasteiger partial charge in [-0.2, -0.15) is 0 Å². The van der Waals surface area contributed by atoms with Crippen LogP contribution < -0.4 is 4.90 Å². The van der Waals surface area contributed by atoms with Crippen molar-refractivity contribution in [3.63, 3.8) is 0 Å². The van der Waals surface area contributed by atoms with Gasteiger partial charge in [0.1, 0.15) is 0 Å². The van der Waals surface area contributed by atoms with E-state index in [2.05, 4.69) is 24.1 Å². The van der Waals surface area contributed by atoms with E-state index in [1.54, 1.807) is 11.3 Å². The fraction of sp³-hybridized carbons (Fsp3) is 0.643. The molecular weight excluding hydrogens is 230 g/mol. The summed E-state index contributed by atoms with van der Waals surface area (Å²) < 4.78 is 0. The van der Waals surface area contributed by atoms with Crippen molar-refractivity contribution in [2.45, 2.75) is 45.6 Å². The lowest BCUT2D eigenvalue weighted by atomic mass is 10.1. The van der Waals surface area contributed by atoms with Gasteiger partial charge >= 0.3 is 0 Å². The summed E-state index contributed by atoms with van der Waals surface area (Å²) in [6, 6.07) is 2.73.